The molecule has 3 rings (SSSR count). The van der Waals surface area contributed by atoms with Gasteiger partial charge in [-0.3, -0.25) is 0 Å². The molecular weight excluding hydrogens is 256 g/mol. The highest BCUT2D eigenvalue weighted by molar-refractivity contribution is 7.13. The van der Waals surface area contributed by atoms with Crippen LogP contribution in [0.2, 0.25) is 0 Å². The number of hydrogen-bond donors (Lipinski definition) is 0. The molecule has 0 aliphatic heterocycles. The van der Waals surface area contributed by atoms with Gasteiger partial charge < -0.3 is 4.42 Å². The van der Waals surface area contributed by atoms with E-state index in [1.165, 1.54) is 17.0 Å². The van der Waals surface area contributed by atoms with Crippen LogP contribution in [0.5, 0.6) is 0 Å². The van der Waals surface area contributed by atoms with E-state index in [0.717, 1.165) is 23.8 Å². The Morgan fingerprint density at radius 2 is 2.53 bits per heavy atom. The molecule has 1 atom stereocenters. The number of nitrogens with zero attached hydrogens (tertiary/aromatic N) is 2. The van der Waals surface area contributed by atoms with E-state index >= 15 is 0 Å². The van der Waals surface area contributed by atoms with Gasteiger partial charge in [0.05, 0.1) is 17.5 Å². The fourth-order valence-electron chi connectivity index (χ4n) is 2.31. The molecule has 2 heterocycles. The zero-order valence-electron chi connectivity index (χ0n) is 10.7. The number of allylic oxidation sites excluding steroid dienone is 1. The Kier molecular flexibility index (Phi) is 3.22. The molecule has 0 aromatic carbocycles. The first-order valence-electron chi connectivity index (χ1n) is 6.40. The average Bonchev–Trinajstić information content (AvgIpc) is 3.03. The van der Waals surface area contributed by atoms with E-state index in [4.69, 9.17) is 4.42 Å². The third-order valence-corrected chi connectivity index (χ3v) is 4.52. The first kappa shape index (κ1) is 12.2. The Morgan fingerprint density at radius 1 is 1.63 bits per heavy atom. The van der Waals surface area contributed by atoms with E-state index in [-0.39, 0.29) is 0 Å². The molecule has 0 fully saturated rings. The Hall–Kier alpha value is -1.86. The highest BCUT2D eigenvalue weighted by Crippen LogP contribution is 2.32. The molecule has 4 heteroatoms. The number of hydrogen-bond acceptors (Lipinski definition) is 4. The van der Waals surface area contributed by atoms with Crippen molar-refractivity contribution in [1.29, 1.82) is 5.26 Å². The fraction of sp³-hybridized carbons (Fsp3) is 0.333. The Morgan fingerprint density at radius 3 is 3.26 bits per heavy atom. The zero-order chi connectivity index (χ0) is 13.2. The van der Waals surface area contributed by atoms with Crippen LogP contribution >= 0.6 is 11.3 Å². The first-order valence-corrected chi connectivity index (χ1v) is 7.22. The van der Waals surface area contributed by atoms with Crippen LogP contribution in [0.4, 0.5) is 0 Å². The standard InChI is InChI=1S/C15H14N2OS/c1-10-4-5-13-14(7-10)19-15(17-13)11(9-16)8-12-3-2-6-18-12/h2-3,6,8,10H,4-5,7H2,1H3/b11-8-/t10-/m1/s1. The van der Waals surface area contributed by atoms with Gasteiger partial charge in [-0.15, -0.1) is 11.3 Å². The number of furan rings is 1. The molecule has 0 spiro atoms. The van der Waals surface area contributed by atoms with Crippen LogP contribution in [0, 0.1) is 17.2 Å². The number of aromatic nitrogens is 1. The largest absolute Gasteiger partial charge is 0.465 e. The molecule has 0 radical (unpaired) electrons. The van der Waals surface area contributed by atoms with E-state index in [0.29, 0.717) is 11.3 Å². The highest BCUT2D eigenvalue weighted by atomic mass is 32.1. The molecule has 1 aliphatic rings. The summed E-state index contributed by atoms with van der Waals surface area (Å²) < 4.78 is 5.26. The van der Waals surface area contributed by atoms with Crippen molar-refractivity contribution in [2.45, 2.75) is 26.2 Å². The van der Waals surface area contributed by atoms with Crippen LogP contribution in [0.3, 0.4) is 0 Å². The predicted octanol–water partition coefficient (Wildman–Crippen LogP) is 3.93. The lowest BCUT2D eigenvalue weighted by Crippen LogP contribution is -2.09. The molecule has 3 nitrogen and oxygen atoms in total. The molecule has 96 valence electrons. The van der Waals surface area contributed by atoms with Gasteiger partial charge in [0.2, 0.25) is 0 Å². The molecule has 0 bridgehead atoms. The lowest BCUT2D eigenvalue weighted by atomic mass is 9.93. The normalized spacial score (nSPS) is 18.9. The van der Waals surface area contributed by atoms with Crippen molar-refractivity contribution in [2.24, 2.45) is 5.92 Å². The van der Waals surface area contributed by atoms with Crippen LogP contribution in [-0.2, 0) is 12.8 Å². The van der Waals surface area contributed by atoms with Crippen LogP contribution in [0.1, 0.15) is 34.7 Å². The van der Waals surface area contributed by atoms with Gasteiger partial charge in [0, 0.05) is 11.0 Å². The van der Waals surface area contributed by atoms with Crippen molar-refractivity contribution in [3.05, 3.63) is 39.7 Å². The van der Waals surface area contributed by atoms with Gasteiger partial charge in [0.1, 0.15) is 16.8 Å². The first-order chi connectivity index (χ1) is 9.26. The van der Waals surface area contributed by atoms with Gasteiger partial charge in [-0.1, -0.05) is 6.92 Å². The number of rotatable bonds is 2. The number of aryl methyl sites for hydroxylation is 1. The van der Waals surface area contributed by atoms with E-state index in [1.54, 1.807) is 23.7 Å². The predicted molar refractivity (Wildman–Crippen MR) is 75.5 cm³/mol. The zero-order valence-corrected chi connectivity index (χ0v) is 11.5. The van der Waals surface area contributed by atoms with Gasteiger partial charge in [0.25, 0.3) is 0 Å². The minimum absolute atomic E-state index is 0.585. The second-order valence-electron chi connectivity index (χ2n) is 4.92. The molecule has 0 amide bonds. The van der Waals surface area contributed by atoms with Crippen molar-refractivity contribution in [3.63, 3.8) is 0 Å². The Bertz CT molecular complexity index is 646. The van der Waals surface area contributed by atoms with Crippen molar-refractivity contribution < 1.29 is 4.42 Å². The van der Waals surface area contributed by atoms with Gasteiger partial charge in [0.15, 0.2) is 0 Å². The maximum Gasteiger partial charge on any atom is 0.134 e. The summed E-state index contributed by atoms with van der Waals surface area (Å²) in [6, 6.07) is 5.88. The molecule has 2 aromatic heterocycles. The molecule has 0 saturated carbocycles. The Labute approximate surface area is 116 Å². The van der Waals surface area contributed by atoms with Crippen LogP contribution in [0.25, 0.3) is 11.6 Å². The van der Waals surface area contributed by atoms with Gasteiger partial charge >= 0.3 is 0 Å². The van der Waals surface area contributed by atoms with E-state index in [2.05, 4.69) is 18.0 Å². The summed E-state index contributed by atoms with van der Waals surface area (Å²) in [5.41, 5.74) is 1.76. The van der Waals surface area contributed by atoms with Crippen molar-refractivity contribution in [2.75, 3.05) is 0 Å². The number of fused-ring (bicyclic) bond motifs is 1. The van der Waals surface area contributed by atoms with E-state index in [1.807, 2.05) is 12.1 Å². The van der Waals surface area contributed by atoms with Crippen molar-refractivity contribution in [1.82, 2.24) is 4.98 Å². The van der Waals surface area contributed by atoms with Crippen LogP contribution < -0.4 is 0 Å². The van der Waals surface area contributed by atoms with Gasteiger partial charge in [-0.25, -0.2) is 4.98 Å². The summed E-state index contributed by atoms with van der Waals surface area (Å²) in [5, 5.41) is 10.1. The summed E-state index contributed by atoms with van der Waals surface area (Å²) in [7, 11) is 0. The molecule has 2 aromatic rings. The topological polar surface area (TPSA) is 49.8 Å². The minimum atomic E-state index is 0.585. The number of thiazole rings is 1. The van der Waals surface area contributed by atoms with E-state index in [9.17, 15) is 5.26 Å². The lowest BCUT2D eigenvalue weighted by Gasteiger charge is -2.15. The minimum Gasteiger partial charge on any atom is -0.465 e. The van der Waals surface area contributed by atoms with Gasteiger partial charge in [-0.2, -0.15) is 5.26 Å². The van der Waals surface area contributed by atoms with Gasteiger partial charge in [-0.05, 0) is 37.3 Å². The molecule has 1 aliphatic carbocycles. The third-order valence-electron chi connectivity index (χ3n) is 3.37. The van der Waals surface area contributed by atoms with Crippen LogP contribution in [0.15, 0.2) is 22.8 Å². The summed E-state index contributed by atoms with van der Waals surface area (Å²) in [6.45, 7) is 2.27. The van der Waals surface area contributed by atoms with Crippen molar-refractivity contribution in [3.8, 4) is 6.07 Å². The number of nitriles is 1. The molecule has 0 unspecified atom stereocenters. The molecular formula is C15H14N2OS. The van der Waals surface area contributed by atoms with E-state index < -0.39 is 0 Å². The second kappa shape index (κ2) is 5.02. The van der Waals surface area contributed by atoms with Crippen molar-refractivity contribution >= 4 is 23.0 Å². The maximum absolute atomic E-state index is 9.30. The summed E-state index contributed by atoms with van der Waals surface area (Å²) in [6.07, 6.45) is 6.68. The summed E-state index contributed by atoms with van der Waals surface area (Å²) in [5.74, 6) is 1.42. The SMILES string of the molecule is C[C@@H]1CCc2nc(/C(C#N)=C\c3ccco3)sc2C1. The fourth-order valence-corrected chi connectivity index (χ4v) is 3.55. The monoisotopic (exact) mass is 270 g/mol. The smallest absolute Gasteiger partial charge is 0.134 e. The molecule has 19 heavy (non-hydrogen) atoms. The maximum atomic E-state index is 9.30. The average molecular weight is 270 g/mol. The molecule has 0 saturated heterocycles. The Balaban J connectivity index is 1.95. The third kappa shape index (κ3) is 2.47. The quantitative estimate of drug-likeness (QED) is 0.777. The second-order valence-corrected chi connectivity index (χ2v) is 6.01. The highest BCUT2D eigenvalue weighted by Gasteiger charge is 2.21. The summed E-state index contributed by atoms with van der Waals surface area (Å²) >= 11 is 1.65. The van der Waals surface area contributed by atoms with Crippen LogP contribution in [-0.4, -0.2) is 4.98 Å². The molecule has 0 N–H and O–H groups in total. The summed E-state index contributed by atoms with van der Waals surface area (Å²) in [4.78, 5) is 5.96. The lowest BCUT2D eigenvalue weighted by molar-refractivity contribution is 0.502.